The van der Waals surface area contributed by atoms with Crippen LogP contribution < -0.4 is 0 Å². The van der Waals surface area contributed by atoms with E-state index in [1.54, 1.807) is 12.1 Å². The smallest absolute Gasteiger partial charge is 0.127 e. The molecule has 0 spiro atoms. The van der Waals surface area contributed by atoms with Crippen molar-refractivity contribution in [2.45, 2.75) is 45.2 Å². The van der Waals surface area contributed by atoms with Crippen molar-refractivity contribution in [1.29, 1.82) is 0 Å². The number of benzene rings is 1. The van der Waals surface area contributed by atoms with Crippen molar-refractivity contribution in [2.75, 3.05) is 26.2 Å². The van der Waals surface area contributed by atoms with Crippen LogP contribution in [0.3, 0.4) is 0 Å². The van der Waals surface area contributed by atoms with Crippen molar-refractivity contribution in [3.63, 3.8) is 0 Å². The number of halogens is 1. The van der Waals surface area contributed by atoms with E-state index in [0.29, 0.717) is 0 Å². The van der Waals surface area contributed by atoms with Crippen molar-refractivity contribution >= 4 is 0 Å². The van der Waals surface area contributed by atoms with Crippen LogP contribution in [0.25, 0.3) is 0 Å². The minimum Gasteiger partial charge on any atom is -0.298 e. The fraction of sp³-hybridized carbons (Fsp3) is 0.667. The molecule has 1 saturated carbocycles. The molecule has 0 radical (unpaired) electrons. The summed E-state index contributed by atoms with van der Waals surface area (Å²) in [7, 11) is 0. The van der Waals surface area contributed by atoms with Crippen LogP contribution in [0, 0.1) is 11.7 Å². The molecule has 2 atom stereocenters. The van der Waals surface area contributed by atoms with Crippen molar-refractivity contribution in [2.24, 2.45) is 5.92 Å². The first kappa shape index (κ1) is 15.0. The molecule has 2 fully saturated rings. The highest BCUT2D eigenvalue weighted by atomic mass is 19.1. The van der Waals surface area contributed by atoms with Gasteiger partial charge < -0.3 is 0 Å². The van der Waals surface area contributed by atoms with Crippen LogP contribution in [-0.4, -0.2) is 42.0 Å². The fourth-order valence-electron chi connectivity index (χ4n) is 3.89. The van der Waals surface area contributed by atoms with E-state index in [1.165, 1.54) is 25.7 Å². The molecule has 2 nitrogen and oxygen atoms in total. The van der Waals surface area contributed by atoms with Crippen LogP contribution >= 0.6 is 0 Å². The van der Waals surface area contributed by atoms with Gasteiger partial charge in [0.05, 0.1) is 0 Å². The average Bonchev–Trinajstić information content (AvgIpc) is 2.50. The maximum absolute atomic E-state index is 13.7. The van der Waals surface area contributed by atoms with Crippen molar-refractivity contribution < 1.29 is 4.39 Å². The fourth-order valence-corrected chi connectivity index (χ4v) is 3.89. The molecule has 1 heterocycles. The van der Waals surface area contributed by atoms with Gasteiger partial charge in [0.2, 0.25) is 0 Å². The summed E-state index contributed by atoms with van der Waals surface area (Å²) in [5.41, 5.74) is 0.831. The Balaban J connectivity index is 1.50. The Morgan fingerprint density at radius 2 is 1.86 bits per heavy atom. The largest absolute Gasteiger partial charge is 0.298 e. The van der Waals surface area contributed by atoms with Gasteiger partial charge in [0, 0.05) is 44.3 Å². The van der Waals surface area contributed by atoms with Crippen molar-refractivity contribution in [3.05, 3.63) is 35.6 Å². The summed E-state index contributed by atoms with van der Waals surface area (Å²) in [6.45, 7) is 7.57. The van der Waals surface area contributed by atoms with Crippen LogP contribution in [0.2, 0.25) is 0 Å². The molecule has 1 aromatic carbocycles. The molecule has 0 N–H and O–H groups in total. The minimum absolute atomic E-state index is 0.0685. The predicted octanol–water partition coefficient (Wildman–Crippen LogP) is 3.52. The van der Waals surface area contributed by atoms with Crippen LogP contribution in [0.15, 0.2) is 24.3 Å². The van der Waals surface area contributed by atoms with E-state index in [9.17, 15) is 4.39 Å². The van der Waals surface area contributed by atoms with Gasteiger partial charge in [-0.15, -0.1) is 0 Å². The highest BCUT2D eigenvalue weighted by molar-refractivity contribution is 5.17. The van der Waals surface area contributed by atoms with Crippen molar-refractivity contribution in [3.8, 4) is 0 Å². The summed E-state index contributed by atoms with van der Waals surface area (Å²) in [5.74, 6) is 0.821. The summed E-state index contributed by atoms with van der Waals surface area (Å²) in [6.07, 6.45) is 5.54. The second kappa shape index (κ2) is 6.89. The van der Waals surface area contributed by atoms with E-state index < -0.39 is 0 Å². The van der Waals surface area contributed by atoms with Gasteiger partial charge in [0.15, 0.2) is 0 Å². The second-order valence-corrected chi connectivity index (χ2v) is 6.83. The van der Waals surface area contributed by atoms with Gasteiger partial charge in [0.25, 0.3) is 0 Å². The average molecular weight is 290 g/mol. The number of rotatable bonds is 3. The van der Waals surface area contributed by atoms with E-state index >= 15 is 0 Å². The molecule has 3 rings (SSSR count). The molecule has 1 aliphatic carbocycles. The number of piperazine rings is 1. The molecule has 1 aliphatic heterocycles. The Kier molecular flexibility index (Phi) is 4.91. The Morgan fingerprint density at radius 3 is 2.57 bits per heavy atom. The van der Waals surface area contributed by atoms with Crippen LogP contribution in [0.1, 0.15) is 38.2 Å². The van der Waals surface area contributed by atoms with E-state index in [2.05, 4.69) is 16.7 Å². The lowest BCUT2D eigenvalue weighted by molar-refractivity contribution is 0.0655. The van der Waals surface area contributed by atoms with Gasteiger partial charge in [0.1, 0.15) is 5.82 Å². The molecule has 116 valence electrons. The summed E-state index contributed by atoms with van der Waals surface area (Å²) in [5, 5.41) is 0. The zero-order valence-corrected chi connectivity index (χ0v) is 13.1. The molecule has 1 saturated heterocycles. The van der Waals surface area contributed by atoms with Crippen LogP contribution in [0.4, 0.5) is 4.39 Å². The van der Waals surface area contributed by atoms with Crippen LogP contribution in [-0.2, 0) is 6.54 Å². The molecule has 0 amide bonds. The molecular weight excluding hydrogens is 263 g/mol. The van der Waals surface area contributed by atoms with Gasteiger partial charge >= 0.3 is 0 Å². The third-order valence-corrected chi connectivity index (χ3v) is 5.18. The number of hydrogen-bond acceptors (Lipinski definition) is 2. The Hall–Kier alpha value is -0.930. The highest BCUT2D eigenvalue weighted by Crippen LogP contribution is 2.28. The number of nitrogens with zero attached hydrogens (tertiary/aromatic N) is 2. The van der Waals surface area contributed by atoms with Gasteiger partial charge in [-0.05, 0) is 24.8 Å². The highest BCUT2D eigenvalue weighted by Gasteiger charge is 2.27. The molecule has 1 aromatic rings. The molecule has 2 unspecified atom stereocenters. The Labute approximate surface area is 127 Å². The minimum atomic E-state index is -0.0685. The van der Waals surface area contributed by atoms with Crippen LogP contribution in [0.5, 0.6) is 0 Å². The predicted molar refractivity (Wildman–Crippen MR) is 84.7 cm³/mol. The SMILES string of the molecule is CC1CCCC(N2CCN(Cc3ccccc3F)CC2)C1. The molecule has 3 heteroatoms. The monoisotopic (exact) mass is 290 g/mol. The lowest BCUT2D eigenvalue weighted by atomic mass is 9.86. The third kappa shape index (κ3) is 3.83. The Bertz CT molecular complexity index is 454. The Morgan fingerprint density at radius 1 is 1.10 bits per heavy atom. The number of hydrogen-bond donors (Lipinski definition) is 0. The maximum Gasteiger partial charge on any atom is 0.127 e. The van der Waals surface area contributed by atoms with Gasteiger partial charge in [-0.25, -0.2) is 4.39 Å². The lowest BCUT2D eigenvalue weighted by Gasteiger charge is -2.42. The first-order valence-electron chi connectivity index (χ1n) is 8.42. The zero-order valence-electron chi connectivity index (χ0n) is 13.1. The van der Waals surface area contributed by atoms with E-state index in [-0.39, 0.29) is 5.82 Å². The maximum atomic E-state index is 13.7. The lowest BCUT2D eigenvalue weighted by Crippen LogP contribution is -2.51. The first-order chi connectivity index (χ1) is 10.2. The van der Waals surface area contributed by atoms with Gasteiger partial charge in [-0.2, -0.15) is 0 Å². The summed E-state index contributed by atoms with van der Waals surface area (Å²) in [6, 6.07) is 7.96. The summed E-state index contributed by atoms with van der Waals surface area (Å²) < 4.78 is 13.7. The topological polar surface area (TPSA) is 6.48 Å². The standard InChI is InChI=1S/C18H27FN2/c1-15-5-4-7-17(13-15)21-11-9-20(10-12-21)14-16-6-2-3-8-18(16)19/h2-3,6,8,15,17H,4-5,7,9-14H2,1H3. The molecule has 0 bridgehead atoms. The first-order valence-corrected chi connectivity index (χ1v) is 8.42. The molecule has 21 heavy (non-hydrogen) atoms. The molecular formula is C18H27FN2. The molecule has 0 aromatic heterocycles. The zero-order chi connectivity index (χ0) is 14.7. The van der Waals surface area contributed by atoms with E-state index in [0.717, 1.165) is 50.2 Å². The summed E-state index contributed by atoms with van der Waals surface area (Å²) >= 11 is 0. The van der Waals surface area contributed by atoms with Crippen molar-refractivity contribution in [1.82, 2.24) is 9.80 Å². The second-order valence-electron chi connectivity index (χ2n) is 6.83. The quantitative estimate of drug-likeness (QED) is 0.840. The van der Waals surface area contributed by atoms with Gasteiger partial charge in [-0.1, -0.05) is 38.0 Å². The van der Waals surface area contributed by atoms with E-state index in [1.807, 2.05) is 12.1 Å². The van der Waals surface area contributed by atoms with E-state index in [4.69, 9.17) is 0 Å². The third-order valence-electron chi connectivity index (χ3n) is 5.18. The summed E-state index contributed by atoms with van der Waals surface area (Å²) in [4.78, 5) is 5.06. The molecule has 2 aliphatic rings. The van der Waals surface area contributed by atoms with Gasteiger partial charge in [-0.3, -0.25) is 9.80 Å². The normalized spacial score (nSPS) is 28.7.